The van der Waals surface area contributed by atoms with Crippen LogP contribution < -0.4 is 10.1 Å². The largest absolute Gasteiger partial charge is 0.497 e. The van der Waals surface area contributed by atoms with Crippen LogP contribution in [0.1, 0.15) is 13.3 Å². The number of anilines is 1. The molecule has 0 saturated carbocycles. The summed E-state index contributed by atoms with van der Waals surface area (Å²) >= 11 is 6.01. The molecule has 0 aliphatic heterocycles. The molecular weight excluding hydrogens is 210 g/mol. The third-order valence-corrected chi connectivity index (χ3v) is 2.25. The van der Waals surface area contributed by atoms with Gasteiger partial charge in [0.2, 0.25) is 0 Å². The SMILES string of the molecule is CC#CCCNc1cc(OC)ccc1Cl. The summed E-state index contributed by atoms with van der Waals surface area (Å²) in [5.74, 6) is 6.62. The fourth-order valence-electron chi connectivity index (χ4n) is 1.15. The molecule has 3 heteroatoms. The van der Waals surface area contributed by atoms with Crippen LogP contribution in [-0.4, -0.2) is 13.7 Å². The number of ether oxygens (including phenoxy) is 1. The van der Waals surface area contributed by atoms with E-state index < -0.39 is 0 Å². The van der Waals surface area contributed by atoms with Gasteiger partial charge in [-0.25, -0.2) is 0 Å². The molecule has 0 saturated heterocycles. The minimum absolute atomic E-state index is 0.695. The maximum absolute atomic E-state index is 6.01. The summed E-state index contributed by atoms with van der Waals surface area (Å²) in [4.78, 5) is 0. The molecule has 80 valence electrons. The van der Waals surface area contributed by atoms with E-state index in [2.05, 4.69) is 17.2 Å². The molecule has 0 aliphatic rings. The quantitative estimate of drug-likeness (QED) is 0.625. The second-order valence-electron chi connectivity index (χ2n) is 2.95. The molecule has 0 heterocycles. The molecule has 15 heavy (non-hydrogen) atoms. The minimum Gasteiger partial charge on any atom is -0.497 e. The first-order valence-electron chi connectivity index (χ1n) is 4.75. The second kappa shape index (κ2) is 6.21. The Morgan fingerprint density at radius 2 is 2.27 bits per heavy atom. The first kappa shape index (κ1) is 11.7. The van der Waals surface area contributed by atoms with Crippen molar-refractivity contribution >= 4 is 17.3 Å². The second-order valence-corrected chi connectivity index (χ2v) is 3.36. The van der Waals surface area contributed by atoms with E-state index in [1.807, 2.05) is 25.1 Å². The molecule has 0 fully saturated rings. The van der Waals surface area contributed by atoms with E-state index in [9.17, 15) is 0 Å². The van der Waals surface area contributed by atoms with E-state index >= 15 is 0 Å². The van der Waals surface area contributed by atoms with Gasteiger partial charge in [-0.15, -0.1) is 11.8 Å². The Morgan fingerprint density at radius 3 is 2.93 bits per heavy atom. The van der Waals surface area contributed by atoms with Crippen LogP contribution in [0.2, 0.25) is 5.02 Å². The van der Waals surface area contributed by atoms with Gasteiger partial charge in [0, 0.05) is 19.0 Å². The van der Waals surface area contributed by atoms with E-state index in [0.29, 0.717) is 5.02 Å². The molecule has 0 atom stereocenters. The molecular formula is C12H14ClNO. The van der Waals surface area contributed by atoms with Crippen LogP contribution in [0, 0.1) is 11.8 Å². The highest BCUT2D eigenvalue weighted by Gasteiger charge is 2.00. The van der Waals surface area contributed by atoms with Gasteiger partial charge in [-0.05, 0) is 19.1 Å². The molecule has 0 amide bonds. The predicted octanol–water partition coefficient (Wildman–Crippen LogP) is 3.17. The number of halogens is 1. The highest BCUT2D eigenvalue weighted by atomic mass is 35.5. The summed E-state index contributed by atoms with van der Waals surface area (Å²) < 4.78 is 5.11. The standard InChI is InChI=1S/C12H14ClNO/c1-3-4-5-8-14-12-9-10(15-2)6-7-11(12)13/h6-7,9,14H,5,8H2,1-2H3. The Kier molecular flexibility index (Phi) is 4.86. The number of nitrogens with one attached hydrogen (secondary N) is 1. The van der Waals surface area contributed by atoms with Gasteiger partial charge in [-0.3, -0.25) is 0 Å². The van der Waals surface area contributed by atoms with Gasteiger partial charge in [0.15, 0.2) is 0 Å². The molecule has 0 unspecified atom stereocenters. The highest BCUT2D eigenvalue weighted by Crippen LogP contribution is 2.26. The van der Waals surface area contributed by atoms with Crippen molar-refractivity contribution in [1.82, 2.24) is 0 Å². The van der Waals surface area contributed by atoms with Crippen LogP contribution in [0.15, 0.2) is 18.2 Å². The van der Waals surface area contributed by atoms with Gasteiger partial charge >= 0.3 is 0 Å². The Morgan fingerprint density at radius 1 is 1.47 bits per heavy atom. The molecule has 1 aromatic rings. The summed E-state index contributed by atoms with van der Waals surface area (Å²) in [5.41, 5.74) is 0.883. The minimum atomic E-state index is 0.695. The van der Waals surface area contributed by atoms with Gasteiger partial charge < -0.3 is 10.1 Å². The van der Waals surface area contributed by atoms with Crippen molar-refractivity contribution in [3.63, 3.8) is 0 Å². The molecule has 0 aromatic heterocycles. The monoisotopic (exact) mass is 223 g/mol. The zero-order valence-corrected chi connectivity index (χ0v) is 9.69. The van der Waals surface area contributed by atoms with Gasteiger partial charge in [-0.1, -0.05) is 11.6 Å². The van der Waals surface area contributed by atoms with Crippen molar-refractivity contribution in [3.05, 3.63) is 23.2 Å². The summed E-state index contributed by atoms with van der Waals surface area (Å²) in [6, 6.07) is 5.52. The van der Waals surface area contributed by atoms with E-state index in [1.165, 1.54) is 0 Å². The summed E-state index contributed by atoms with van der Waals surface area (Å²) in [5, 5.41) is 3.90. The lowest BCUT2D eigenvalue weighted by Crippen LogP contribution is -2.01. The number of hydrogen-bond donors (Lipinski definition) is 1. The van der Waals surface area contributed by atoms with Crippen LogP contribution in [-0.2, 0) is 0 Å². The third-order valence-electron chi connectivity index (χ3n) is 1.92. The van der Waals surface area contributed by atoms with Crippen molar-refractivity contribution in [3.8, 4) is 17.6 Å². The number of benzene rings is 1. The number of hydrogen-bond acceptors (Lipinski definition) is 2. The van der Waals surface area contributed by atoms with Crippen molar-refractivity contribution in [2.75, 3.05) is 19.0 Å². The fraction of sp³-hybridized carbons (Fsp3) is 0.333. The summed E-state index contributed by atoms with van der Waals surface area (Å²) in [6.45, 7) is 2.62. The number of methoxy groups -OCH3 is 1. The first-order valence-corrected chi connectivity index (χ1v) is 5.12. The van der Waals surface area contributed by atoms with Crippen LogP contribution in [0.5, 0.6) is 5.75 Å². The van der Waals surface area contributed by atoms with Gasteiger partial charge in [0.05, 0.1) is 17.8 Å². The van der Waals surface area contributed by atoms with E-state index in [1.54, 1.807) is 7.11 Å². The van der Waals surface area contributed by atoms with Gasteiger partial charge in [0.25, 0.3) is 0 Å². The van der Waals surface area contributed by atoms with E-state index in [0.717, 1.165) is 24.4 Å². The van der Waals surface area contributed by atoms with Crippen molar-refractivity contribution in [2.45, 2.75) is 13.3 Å². The maximum Gasteiger partial charge on any atom is 0.121 e. The van der Waals surface area contributed by atoms with E-state index in [-0.39, 0.29) is 0 Å². The van der Waals surface area contributed by atoms with Gasteiger partial charge in [-0.2, -0.15) is 0 Å². The zero-order valence-electron chi connectivity index (χ0n) is 8.93. The van der Waals surface area contributed by atoms with Crippen LogP contribution in [0.3, 0.4) is 0 Å². The molecule has 0 radical (unpaired) electrons. The van der Waals surface area contributed by atoms with Crippen molar-refractivity contribution in [2.24, 2.45) is 0 Å². The summed E-state index contributed by atoms with van der Waals surface area (Å²) in [7, 11) is 1.63. The molecule has 1 rings (SSSR count). The third kappa shape index (κ3) is 3.73. The maximum atomic E-state index is 6.01. The van der Waals surface area contributed by atoms with Crippen molar-refractivity contribution < 1.29 is 4.74 Å². The predicted molar refractivity (Wildman–Crippen MR) is 64.6 cm³/mol. The first-order chi connectivity index (χ1) is 7.27. The lowest BCUT2D eigenvalue weighted by molar-refractivity contribution is 0.415. The zero-order chi connectivity index (χ0) is 11.1. The average molecular weight is 224 g/mol. The summed E-state index contributed by atoms with van der Waals surface area (Å²) in [6.07, 6.45) is 0.810. The van der Waals surface area contributed by atoms with Crippen LogP contribution >= 0.6 is 11.6 Å². The molecule has 0 spiro atoms. The smallest absolute Gasteiger partial charge is 0.121 e. The molecule has 1 N–H and O–H groups in total. The lowest BCUT2D eigenvalue weighted by atomic mass is 10.3. The average Bonchev–Trinajstić information content (AvgIpc) is 2.26. The highest BCUT2D eigenvalue weighted by molar-refractivity contribution is 6.33. The molecule has 0 bridgehead atoms. The van der Waals surface area contributed by atoms with Crippen molar-refractivity contribution in [1.29, 1.82) is 0 Å². The Bertz CT molecular complexity index is 379. The van der Waals surface area contributed by atoms with Crippen LogP contribution in [0.4, 0.5) is 5.69 Å². The topological polar surface area (TPSA) is 21.3 Å². The number of rotatable bonds is 4. The molecule has 0 aliphatic carbocycles. The Labute approximate surface area is 95.6 Å². The normalized spacial score (nSPS) is 9.00. The Balaban J connectivity index is 2.61. The van der Waals surface area contributed by atoms with E-state index in [4.69, 9.17) is 16.3 Å². The van der Waals surface area contributed by atoms with Crippen LogP contribution in [0.25, 0.3) is 0 Å². The molecule has 1 aromatic carbocycles. The molecule has 2 nitrogen and oxygen atoms in total. The Hall–Kier alpha value is -1.33. The van der Waals surface area contributed by atoms with Gasteiger partial charge in [0.1, 0.15) is 5.75 Å². The lowest BCUT2D eigenvalue weighted by Gasteiger charge is -2.08. The fourth-order valence-corrected chi connectivity index (χ4v) is 1.34.